The third-order valence-corrected chi connectivity index (χ3v) is 7.09. The van der Waals surface area contributed by atoms with Crippen LogP contribution in [0, 0.1) is 0 Å². The molecule has 0 amide bonds. The second-order valence-electron chi connectivity index (χ2n) is 9.03. The molecule has 5 aromatic rings. The van der Waals surface area contributed by atoms with Crippen LogP contribution in [0.1, 0.15) is 0 Å². The van der Waals surface area contributed by atoms with E-state index in [0.717, 1.165) is 44.8 Å². The van der Waals surface area contributed by atoms with Crippen molar-refractivity contribution in [2.24, 2.45) is 0 Å². The normalized spacial score (nSPS) is 14.9. The fourth-order valence-corrected chi connectivity index (χ4v) is 5.58. The van der Waals surface area contributed by atoms with Gasteiger partial charge in [-0.05, 0) is 67.9 Å². The molecule has 5 aromatic carbocycles. The maximum absolute atomic E-state index is 6.48. The van der Waals surface area contributed by atoms with Gasteiger partial charge in [-0.2, -0.15) is 0 Å². The summed E-state index contributed by atoms with van der Waals surface area (Å²) in [6, 6.07) is 31.9. The van der Waals surface area contributed by atoms with E-state index >= 15 is 0 Å². The molecule has 0 bridgehead atoms. The van der Waals surface area contributed by atoms with Gasteiger partial charge in [-0.3, -0.25) is 0 Å². The number of fused-ring (bicyclic) bond motifs is 5. The average molecular weight is 448 g/mol. The molecule has 2 nitrogen and oxygen atoms in total. The highest BCUT2D eigenvalue weighted by Crippen LogP contribution is 2.42. The van der Waals surface area contributed by atoms with Crippen molar-refractivity contribution < 1.29 is 9.47 Å². The lowest BCUT2D eigenvalue weighted by atomic mass is 9.34. The van der Waals surface area contributed by atoms with Gasteiger partial charge >= 0.3 is 0 Å². The predicted octanol–water partition coefficient (Wildman–Crippen LogP) is 6.93. The standard InChI is InChI=1S/C32H21BO2/c1-3-10-27-20(2)34-30-18-22(19-31-32(30)33(27)28-15-8-9-16-29(28)35-31)26-17-21-11-4-5-12-23(21)24-13-6-7-14-25(24)26/h3-19H,1-2H2/b27-10+. The topological polar surface area (TPSA) is 18.5 Å². The van der Waals surface area contributed by atoms with Gasteiger partial charge in [-0.1, -0.05) is 92.0 Å². The highest BCUT2D eigenvalue weighted by molar-refractivity contribution is 6.94. The van der Waals surface area contributed by atoms with Crippen LogP contribution in [0.3, 0.4) is 0 Å². The second kappa shape index (κ2) is 7.51. The molecule has 0 saturated carbocycles. The molecule has 0 N–H and O–H groups in total. The Bertz CT molecular complexity index is 1740. The molecule has 2 aliphatic rings. The quantitative estimate of drug-likeness (QED) is 0.215. The monoisotopic (exact) mass is 448 g/mol. The van der Waals surface area contributed by atoms with Crippen LogP contribution in [0.5, 0.6) is 17.2 Å². The molecule has 0 aliphatic carbocycles. The van der Waals surface area contributed by atoms with Crippen LogP contribution in [0.4, 0.5) is 0 Å². The van der Waals surface area contributed by atoms with Crippen molar-refractivity contribution >= 4 is 39.2 Å². The molecule has 0 unspecified atom stereocenters. The van der Waals surface area contributed by atoms with Crippen molar-refractivity contribution in [2.75, 3.05) is 0 Å². The van der Waals surface area contributed by atoms with Crippen molar-refractivity contribution in [3.8, 4) is 28.4 Å². The maximum atomic E-state index is 6.48. The molecule has 2 heterocycles. The van der Waals surface area contributed by atoms with E-state index in [1.54, 1.807) is 6.08 Å². The molecule has 35 heavy (non-hydrogen) atoms. The van der Waals surface area contributed by atoms with Crippen LogP contribution in [0.25, 0.3) is 32.7 Å². The summed E-state index contributed by atoms with van der Waals surface area (Å²) in [5, 5.41) is 4.89. The van der Waals surface area contributed by atoms with Crippen LogP contribution < -0.4 is 20.4 Å². The lowest BCUT2D eigenvalue weighted by Crippen LogP contribution is -2.51. The summed E-state index contributed by atoms with van der Waals surface area (Å²) in [5.41, 5.74) is 5.37. The zero-order valence-electron chi connectivity index (χ0n) is 19.1. The van der Waals surface area contributed by atoms with Crippen LogP contribution in [-0.4, -0.2) is 6.71 Å². The molecule has 164 valence electrons. The predicted molar refractivity (Wildman–Crippen MR) is 146 cm³/mol. The number of hydrogen-bond donors (Lipinski definition) is 0. The summed E-state index contributed by atoms with van der Waals surface area (Å²) >= 11 is 0. The Labute approximate surface area is 204 Å². The molecule has 2 aliphatic heterocycles. The lowest BCUT2D eigenvalue weighted by molar-refractivity contribution is 0.433. The van der Waals surface area contributed by atoms with Gasteiger partial charge in [0.05, 0.1) is 0 Å². The number of benzene rings is 5. The van der Waals surface area contributed by atoms with Gasteiger partial charge in [0.15, 0.2) is 0 Å². The van der Waals surface area contributed by atoms with Crippen molar-refractivity contribution in [1.29, 1.82) is 0 Å². The summed E-state index contributed by atoms with van der Waals surface area (Å²) in [4.78, 5) is 0. The van der Waals surface area contributed by atoms with E-state index in [1.165, 1.54) is 21.5 Å². The van der Waals surface area contributed by atoms with Crippen LogP contribution in [0.2, 0.25) is 0 Å². The highest BCUT2D eigenvalue weighted by atomic mass is 16.5. The Balaban J connectivity index is 1.52. The SMILES string of the molecule is C=C/C=C1/B2c3ccccc3Oc3cc(-c4cc5ccccc5c5ccccc45)cc(c32)OC1=C. The van der Waals surface area contributed by atoms with Crippen LogP contribution in [0.15, 0.2) is 128 Å². The lowest BCUT2D eigenvalue weighted by Gasteiger charge is -2.34. The van der Waals surface area contributed by atoms with Crippen molar-refractivity contribution in [3.05, 3.63) is 128 Å². The van der Waals surface area contributed by atoms with E-state index in [2.05, 4.69) is 86.0 Å². The average Bonchev–Trinajstić information content (AvgIpc) is 2.89. The smallest absolute Gasteiger partial charge is 0.260 e. The van der Waals surface area contributed by atoms with E-state index in [0.29, 0.717) is 5.76 Å². The van der Waals surface area contributed by atoms with Crippen LogP contribution >= 0.6 is 0 Å². The first-order valence-corrected chi connectivity index (χ1v) is 11.8. The number of ether oxygens (including phenoxy) is 2. The first-order chi connectivity index (χ1) is 17.2. The summed E-state index contributed by atoms with van der Waals surface area (Å²) in [7, 11) is 0. The summed E-state index contributed by atoms with van der Waals surface area (Å²) in [6.07, 6.45) is 3.79. The van der Waals surface area contributed by atoms with Crippen LogP contribution in [-0.2, 0) is 0 Å². The van der Waals surface area contributed by atoms with Gasteiger partial charge in [-0.15, -0.1) is 0 Å². The zero-order chi connectivity index (χ0) is 23.5. The third-order valence-electron chi connectivity index (χ3n) is 7.09. The molecular weight excluding hydrogens is 427 g/mol. The minimum atomic E-state index is -0.00778. The maximum Gasteiger partial charge on any atom is 0.260 e. The first-order valence-electron chi connectivity index (χ1n) is 11.8. The van der Waals surface area contributed by atoms with E-state index in [9.17, 15) is 0 Å². The largest absolute Gasteiger partial charge is 0.459 e. The fourth-order valence-electron chi connectivity index (χ4n) is 5.58. The third kappa shape index (κ3) is 2.92. The zero-order valence-corrected chi connectivity index (χ0v) is 19.1. The van der Waals surface area contributed by atoms with E-state index in [1.807, 2.05) is 24.3 Å². The summed E-state index contributed by atoms with van der Waals surface area (Å²) in [5.74, 6) is 3.12. The Morgan fingerprint density at radius 1 is 0.686 bits per heavy atom. The molecule has 0 aromatic heterocycles. The number of para-hydroxylation sites is 1. The summed E-state index contributed by atoms with van der Waals surface area (Å²) in [6.45, 7) is 8.16. The minimum absolute atomic E-state index is 0.00778. The number of allylic oxidation sites excluding steroid dienone is 3. The van der Waals surface area contributed by atoms with Gasteiger partial charge < -0.3 is 9.47 Å². The van der Waals surface area contributed by atoms with E-state index in [4.69, 9.17) is 9.47 Å². The second-order valence-corrected chi connectivity index (χ2v) is 9.03. The van der Waals surface area contributed by atoms with Gasteiger partial charge in [0.1, 0.15) is 23.0 Å². The Hall–Kier alpha value is -4.50. The Morgan fingerprint density at radius 2 is 1.37 bits per heavy atom. The minimum Gasteiger partial charge on any atom is -0.459 e. The molecule has 0 radical (unpaired) electrons. The highest BCUT2D eigenvalue weighted by Gasteiger charge is 2.41. The molecule has 0 atom stereocenters. The van der Waals surface area contributed by atoms with E-state index in [-0.39, 0.29) is 6.71 Å². The van der Waals surface area contributed by atoms with Crippen molar-refractivity contribution in [3.63, 3.8) is 0 Å². The Morgan fingerprint density at radius 3 is 2.20 bits per heavy atom. The molecule has 0 spiro atoms. The molecule has 0 fully saturated rings. The Kier molecular flexibility index (Phi) is 4.28. The van der Waals surface area contributed by atoms with Crippen molar-refractivity contribution in [2.45, 2.75) is 0 Å². The number of hydrogen-bond acceptors (Lipinski definition) is 2. The first kappa shape index (κ1) is 19.9. The molecular formula is C32H21BO2. The van der Waals surface area contributed by atoms with E-state index < -0.39 is 0 Å². The number of rotatable bonds is 2. The van der Waals surface area contributed by atoms with Crippen molar-refractivity contribution in [1.82, 2.24) is 0 Å². The van der Waals surface area contributed by atoms with Gasteiger partial charge in [0, 0.05) is 5.46 Å². The molecule has 0 saturated heterocycles. The van der Waals surface area contributed by atoms with Gasteiger partial charge in [-0.25, -0.2) is 0 Å². The molecule has 7 rings (SSSR count). The van der Waals surface area contributed by atoms with Gasteiger partial charge in [0.25, 0.3) is 6.71 Å². The van der Waals surface area contributed by atoms with Gasteiger partial charge in [0.2, 0.25) is 0 Å². The summed E-state index contributed by atoms with van der Waals surface area (Å²) < 4.78 is 12.8. The molecule has 3 heteroatoms. The fraction of sp³-hybridized carbons (Fsp3) is 0.